The first-order valence-corrected chi connectivity index (χ1v) is 10.3. The number of methoxy groups -OCH3 is 1. The van der Waals surface area contributed by atoms with E-state index in [-0.39, 0.29) is 29.2 Å². The lowest BCUT2D eigenvalue weighted by atomic mass is 10.1. The second kappa shape index (κ2) is 9.52. The maximum absolute atomic E-state index is 12.8. The molecule has 0 N–H and O–H groups in total. The van der Waals surface area contributed by atoms with Gasteiger partial charge in [0, 0.05) is 17.2 Å². The number of rotatable bonds is 6. The minimum atomic E-state index is -0.705. The Hall–Kier alpha value is -3.86. The fraction of sp³-hybridized carbons (Fsp3) is 0.238. The van der Waals surface area contributed by atoms with E-state index in [0.29, 0.717) is 21.3 Å². The fourth-order valence-electron chi connectivity index (χ4n) is 2.94. The monoisotopic (exact) mass is 457 g/mol. The molecule has 0 aliphatic carbocycles. The highest BCUT2D eigenvalue weighted by atomic mass is 32.1. The summed E-state index contributed by atoms with van der Waals surface area (Å²) >= 11 is 1.09. The SMILES string of the molecule is CCOC(=O)c1ccc2c(c1)sc(=NC(=O)c1ccc(C)c([N+](=O)[O-])c1)n2CC(=O)OC. The van der Waals surface area contributed by atoms with Crippen LogP contribution in [0.1, 0.15) is 33.2 Å². The van der Waals surface area contributed by atoms with Gasteiger partial charge in [-0.2, -0.15) is 4.99 Å². The van der Waals surface area contributed by atoms with E-state index in [9.17, 15) is 24.5 Å². The molecule has 0 radical (unpaired) electrons. The van der Waals surface area contributed by atoms with Crippen molar-refractivity contribution in [1.82, 2.24) is 4.57 Å². The van der Waals surface area contributed by atoms with E-state index in [2.05, 4.69) is 4.99 Å². The Bertz CT molecular complexity index is 1310. The van der Waals surface area contributed by atoms with Crippen LogP contribution in [0.2, 0.25) is 0 Å². The second-order valence-corrected chi connectivity index (χ2v) is 7.63. The zero-order valence-corrected chi connectivity index (χ0v) is 18.3. The van der Waals surface area contributed by atoms with Crippen molar-refractivity contribution >= 4 is 45.1 Å². The lowest BCUT2D eigenvalue weighted by molar-refractivity contribution is -0.385. The standard InChI is InChI=1S/C21H19N3O7S/c1-4-31-20(27)14-7-8-15-17(10-14)32-21(23(15)11-18(25)30-3)22-19(26)13-6-5-12(2)16(9-13)24(28)29/h5-10H,4,11H2,1-3H3. The Balaban J connectivity index is 2.13. The summed E-state index contributed by atoms with van der Waals surface area (Å²) in [6, 6.07) is 8.85. The van der Waals surface area contributed by atoms with E-state index in [1.807, 2.05) is 0 Å². The lowest BCUT2D eigenvalue weighted by Crippen LogP contribution is -2.22. The van der Waals surface area contributed by atoms with Crippen molar-refractivity contribution in [3.8, 4) is 0 Å². The molecule has 0 bridgehead atoms. The van der Waals surface area contributed by atoms with Gasteiger partial charge in [0.1, 0.15) is 6.54 Å². The zero-order chi connectivity index (χ0) is 23.4. The molecule has 166 valence electrons. The van der Waals surface area contributed by atoms with Crippen LogP contribution in [0.25, 0.3) is 10.2 Å². The number of benzene rings is 2. The van der Waals surface area contributed by atoms with E-state index in [0.717, 1.165) is 17.4 Å². The predicted octanol–water partition coefficient (Wildman–Crippen LogP) is 3.01. The molecule has 2 aromatic carbocycles. The van der Waals surface area contributed by atoms with Gasteiger partial charge in [0.25, 0.3) is 11.6 Å². The number of amides is 1. The maximum Gasteiger partial charge on any atom is 0.338 e. The third-order valence-electron chi connectivity index (χ3n) is 4.56. The maximum atomic E-state index is 12.8. The Kier molecular flexibility index (Phi) is 6.79. The highest BCUT2D eigenvalue weighted by molar-refractivity contribution is 7.16. The number of carbonyl (C=O) groups is 3. The van der Waals surface area contributed by atoms with Crippen molar-refractivity contribution in [1.29, 1.82) is 0 Å². The summed E-state index contributed by atoms with van der Waals surface area (Å²) in [4.78, 5) is 51.6. The largest absolute Gasteiger partial charge is 0.468 e. The Labute approximate surface area is 185 Å². The highest BCUT2D eigenvalue weighted by Crippen LogP contribution is 2.22. The highest BCUT2D eigenvalue weighted by Gasteiger charge is 2.17. The molecule has 3 rings (SSSR count). The Morgan fingerprint density at radius 2 is 1.88 bits per heavy atom. The molecule has 1 aromatic heterocycles. The summed E-state index contributed by atoms with van der Waals surface area (Å²) < 4.78 is 11.8. The van der Waals surface area contributed by atoms with Gasteiger partial charge in [-0.1, -0.05) is 17.4 Å². The number of thiazole rings is 1. The summed E-state index contributed by atoms with van der Waals surface area (Å²) in [6.45, 7) is 3.28. The third-order valence-corrected chi connectivity index (χ3v) is 5.60. The Morgan fingerprint density at radius 1 is 1.16 bits per heavy atom. The van der Waals surface area contributed by atoms with Gasteiger partial charge in [-0.15, -0.1) is 0 Å². The van der Waals surface area contributed by atoms with Crippen molar-refractivity contribution < 1.29 is 28.8 Å². The first kappa shape index (κ1) is 22.8. The number of carbonyl (C=O) groups excluding carboxylic acids is 3. The van der Waals surface area contributed by atoms with Crippen molar-refractivity contribution in [2.45, 2.75) is 20.4 Å². The number of ether oxygens (including phenoxy) is 2. The minimum absolute atomic E-state index is 0.0385. The molecule has 32 heavy (non-hydrogen) atoms. The fourth-order valence-corrected chi connectivity index (χ4v) is 4.00. The first-order chi connectivity index (χ1) is 15.2. The topological polar surface area (TPSA) is 130 Å². The van der Waals surface area contributed by atoms with Crippen LogP contribution >= 0.6 is 11.3 Å². The number of nitro groups is 1. The zero-order valence-electron chi connectivity index (χ0n) is 17.5. The van der Waals surface area contributed by atoms with Gasteiger partial charge >= 0.3 is 11.9 Å². The smallest absolute Gasteiger partial charge is 0.338 e. The van der Waals surface area contributed by atoms with Crippen LogP contribution in [0.5, 0.6) is 0 Å². The molecule has 10 nitrogen and oxygen atoms in total. The molecular weight excluding hydrogens is 438 g/mol. The number of fused-ring (bicyclic) bond motifs is 1. The van der Waals surface area contributed by atoms with Gasteiger partial charge in [0.15, 0.2) is 4.80 Å². The van der Waals surface area contributed by atoms with Gasteiger partial charge in [-0.05, 0) is 38.1 Å². The number of aryl methyl sites for hydroxylation is 1. The van der Waals surface area contributed by atoms with E-state index >= 15 is 0 Å². The molecule has 0 saturated heterocycles. The molecule has 0 atom stereocenters. The van der Waals surface area contributed by atoms with Crippen molar-refractivity contribution in [3.05, 3.63) is 68.0 Å². The molecule has 3 aromatic rings. The number of nitrogens with zero attached hydrogens (tertiary/aromatic N) is 3. The van der Waals surface area contributed by atoms with E-state index in [1.165, 1.54) is 23.8 Å². The second-order valence-electron chi connectivity index (χ2n) is 6.63. The van der Waals surface area contributed by atoms with Gasteiger partial charge < -0.3 is 14.0 Å². The Morgan fingerprint density at radius 3 is 2.53 bits per heavy atom. The van der Waals surface area contributed by atoms with E-state index in [1.54, 1.807) is 32.0 Å². The molecule has 0 aliphatic heterocycles. The van der Waals surface area contributed by atoms with Crippen molar-refractivity contribution in [2.24, 2.45) is 4.99 Å². The van der Waals surface area contributed by atoms with Crippen LogP contribution in [0.4, 0.5) is 5.69 Å². The van der Waals surface area contributed by atoms with Crippen LogP contribution in [0.15, 0.2) is 41.4 Å². The van der Waals surface area contributed by atoms with Gasteiger partial charge in [0.2, 0.25) is 0 Å². The average molecular weight is 457 g/mol. The van der Waals surface area contributed by atoms with Crippen LogP contribution in [-0.2, 0) is 20.8 Å². The molecule has 0 unspecified atom stereocenters. The van der Waals surface area contributed by atoms with Gasteiger partial charge in [0.05, 0.1) is 34.4 Å². The normalized spacial score (nSPS) is 11.4. The molecular formula is C21H19N3O7S. The van der Waals surface area contributed by atoms with Gasteiger partial charge in [-0.25, -0.2) is 4.79 Å². The van der Waals surface area contributed by atoms with E-state index in [4.69, 9.17) is 9.47 Å². The van der Waals surface area contributed by atoms with Crippen molar-refractivity contribution in [2.75, 3.05) is 13.7 Å². The van der Waals surface area contributed by atoms with E-state index < -0.39 is 22.8 Å². The number of nitro benzene ring substituents is 1. The molecule has 0 saturated carbocycles. The molecule has 0 spiro atoms. The molecule has 0 fully saturated rings. The average Bonchev–Trinajstić information content (AvgIpc) is 3.09. The van der Waals surface area contributed by atoms with Crippen LogP contribution in [-0.4, -0.2) is 41.1 Å². The third kappa shape index (κ3) is 4.72. The van der Waals surface area contributed by atoms with Crippen LogP contribution in [0, 0.1) is 17.0 Å². The summed E-state index contributed by atoms with van der Waals surface area (Å²) in [5, 5.41) is 11.2. The van der Waals surface area contributed by atoms with Crippen molar-refractivity contribution in [3.63, 3.8) is 0 Å². The molecule has 1 amide bonds. The van der Waals surface area contributed by atoms with Crippen LogP contribution < -0.4 is 4.80 Å². The summed E-state index contributed by atoms with van der Waals surface area (Å²) in [6.07, 6.45) is 0. The summed E-state index contributed by atoms with van der Waals surface area (Å²) in [7, 11) is 1.24. The number of aromatic nitrogens is 1. The van der Waals surface area contributed by atoms with Crippen LogP contribution in [0.3, 0.4) is 0 Å². The first-order valence-electron chi connectivity index (χ1n) is 9.46. The molecule has 1 heterocycles. The minimum Gasteiger partial charge on any atom is -0.468 e. The molecule has 11 heteroatoms. The lowest BCUT2D eigenvalue weighted by Gasteiger charge is -2.05. The van der Waals surface area contributed by atoms with Gasteiger partial charge in [-0.3, -0.25) is 19.7 Å². The quantitative estimate of drug-likeness (QED) is 0.316. The molecule has 0 aliphatic rings. The number of hydrogen-bond donors (Lipinski definition) is 0. The predicted molar refractivity (Wildman–Crippen MR) is 116 cm³/mol. The number of esters is 2. The summed E-state index contributed by atoms with van der Waals surface area (Å²) in [5.74, 6) is -1.76. The number of hydrogen-bond acceptors (Lipinski definition) is 8. The summed E-state index contributed by atoms with van der Waals surface area (Å²) in [5.41, 5.74) is 1.15.